The first-order chi connectivity index (χ1) is 6.29. The van der Waals surface area contributed by atoms with Gasteiger partial charge in [-0.05, 0) is 11.5 Å². The summed E-state index contributed by atoms with van der Waals surface area (Å²) in [6.45, 7) is 0. The standard InChI is InChI=1S/C10H13BO2/c12-11(13)10(9-6-7-9)8-4-2-1-3-5-8/h1-5,9-10,12-13H,6-7H2. The van der Waals surface area contributed by atoms with Crippen LogP contribution in [0, 0.1) is 5.92 Å². The first kappa shape index (κ1) is 8.79. The van der Waals surface area contributed by atoms with Crippen LogP contribution in [0.5, 0.6) is 0 Å². The third-order valence-electron chi connectivity index (χ3n) is 2.64. The summed E-state index contributed by atoms with van der Waals surface area (Å²) < 4.78 is 0. The molecule has 1 atom stereocenters. The molecule has 0 spiro atoms. The highest BCUT2D eigenvalue weighted by molar-refractivity contribution is 6.43. The lowest BCUT2D eigenvalue weighted by molar-refractivity contribution is 0.379. The van der Waals surface area contributed by atoms with Crippen molar-refractivity contribution in [3.05, 3.63) is 35.9 Å². The van der Waals surface area contributed by atoms with Crippen LogP contribution in [0.1, 0.15) is 24.2 Å². The maximum atomic E-state index is 9.23. The van der Waals surface area contributed by atoms with Crippen LogP contribution in [0.15, 0.2) is 30.3 Å². The first-order valence-electron chi connectivity index (χ1n) is 4.70. The second-order valence-electron chi connectivity index (χ2n) is 3.69. The zero-order valence-electron chi connectivity index (χ0n) is 7.43. The molecule has 1 saturated carbocycles. The molecule has 2 nitrogen and oxygen atoms in total. The van der Waals surface area contributed by atoms with E-state index < -0.39 is 7.12 Å². The number of hydrogen-bond acceptors (Lipinski definition) is 2. The van der Waals surface area contributed by atoms with Crippen molar-refractivity contribution in [3.8, 4) is 0 Å². The molecule has 2 rings (SSSR count). The van der Waals surface area contributed by atoms with Crippen LogP contribution in [0.4, 0.5) is 0 Å². The van der Waals surface area contributed by atoms with E-state index in [0.717, 1.165) is 18.4 Å². The van der Waals surface area contributed by atoms with Crippen molar-refractivity contribution < 1.29 is 10.0 Å². The fourth-order valence-corrected chi connectivity index (χ4v) is 1.82. The topological polar surface area (TPSA) is 40.5 Å². The molecule has 0 amide bonds. The minimum atomic E-state index is -1.21. The number of hydrogen-bond donors (Lipinski definition) is 2. The van der Waals surface area contributed by atoms with E-state index in [2.05, 4.69) is 0 Å². The number of benzene rings is 1. The molecule has 0 saturated heterocycles. The Bertz CT molecular complexity index is 268. The second-order valence-corrected chi connectivity index (χ2v) is 3.69. The summed E-state index contributed by atoms with van der Waals surface area (Å²) in [5.74, 6) is 0.392. The van der Waals surface area contributed by atoms with Crippen molar-refractivity contribution in [3.63, 3.8) is 0 Å². The van der Waals surface area contributed by atoms with Gasteiger partial charge >= 0.3 is 7.12 Å². The smallest absolute Gasteiger partial charge is 0.427 e. The van der Waals surface area contributed by atoms with Crippen molar-refractivity contribution in [2.75, 3.05) is 0 Å². The SMILES string of the molecule is OB(O)C(c1ccccc1)C1CC1. The lowest BCUT2D eigenvalue weighted by atomic mass is 9.66. The normalized spacial score (nSPS) is 18.3. The van der Waals surface area contributed by atoms with Gasteiger partial charge in [0.05, 0.1) is 0 Å². The van der Waals surface area contributed by atoms with Gasteiger partial charge in [0.15, 0.2) is 0 Å². The van der Waals surface area contributed by atoms with Crippen molar-refractivity contribution in [2.24, 2.45) is 5.92 Å². The lowest BCUT2D eigenvalue weighted by Crippen LogP contribution is -2.25. The van der Waals surface area contributed by atoms with Gasteiger partial charge in [-0.2, -0.15) is 0 Å². The zero-order valence-corrected chi connectivity index (χ0v) is 7.43. The molecule has 0 heterocycles. The van der Waals surface area contributed by atoms with Gasteiger partial charge in [-0.1, -0.05) is 43.2 Å². The summed E-state index contributed by atoms with van der Waals surface area (Å²) in [7, 11) is -1.21. The van der Waals surface area contributed by atoms with Gasteiger partial charge in [0, 0.05) is 5.82 Å². The number of rotatable bonds is 3. The Morgan fingerprint density at radius 2 is 1.77 bits per heavy atom. The van der Waals surface area contributed by atoms with Crippen LogP contribution in [-0.4, -0.2) is 17.2 Å². The van der Waals surface area contributed by atoms with Gasteiger partial charge in [0.25, 0.3) is 0 Å². The Kier molecular flexibility index (Phi) is 2.38. The second kappa shape index (κ2) is 3.52. The van der Waals surface area contributed by atoms with E-state index in [0.29, 0.717) is 5.92 Å². The van der Waals surface area contributed by atoms with Gasteiger partial charge < -0.3 is 10.0 Å². The van der Waals surface area contributed by atoms with Crippen molar-refractivity contribution in [2.45, 2.75) is 18.7 Å². The summed E-state index contributed by atoms with van der Waals surface area (Å²) >= 11 is 0. The molecule has 1 aromatic carbocycles. The van der Waals surface area contributed by atoms with Crippen LogP contribution in [0.3, 0.4) is 0 Å². The largest absolute Gasteiger partial charge is 0.459 e. The van der Waals surface area contributed by atoms with E-state index in [-0.39, 0.29) is 5.82 Å². The molecule has 1 aromatic rings. The summed E-state index contributed by atoms with van der Waals surface area (Å²) in [5.41, 5.74) is 1.04. The van der Waals surface area contributed by atoms with Crippen LogP contribution < -0.4 is 0 Å². The Balaban J connectivity index is 2.20. The Morgan fingerprint density at radius 1 is 1.15 bits per heavy atom. The maximum Gasteiger partial charge on any atom is 0.459 e. The molecule has 1 unspecified atom stereocenters. The van der Waals surface area contributed by atoms with Crippen LogP contribution in [0.2, 0.25) is 0 Å². The average Bonchev–Trinajstić information content (AvgIpc) is 2.90. The monoisotopic (exact) mass is 176 g/mol. The van der Waals surface area contributed by atoms with E-state index in [9.17, 15) is 10.0 Å². The van der Waals surface area contributed by atoms with Gasteiger partial charge in [0.1, 0.15) is 0 Å². The minimum Gasteiger partial charge on any atom is -0.427 e. The molecule has 13 heavy (non-hydrogen) atoms. The Labute approximate surface area is 78.4 Å². The van der Waals surface area contributed by atoms with E-state index in [1.165, 1.54) is 0 Å². The molecular formula is C10H13BO2. The minimum absolute atomic E-state index is 0.0822. The molecule has 3 heteroatoms. The fraction of sp³-hybridized carbons (Fsp3) is 0.400. The molecule has 1 fully saturated rings. The molecule has 2 N–H and O–H groups in total. The quantitative estimate of drug-likeness (QED) is 0.679. The molecule has 0 radical (unpaired) electrons. The highest BCUT2D eigenvalue weighted by Crippen LogP contribution is 2.42. The predicted octanol–water partition coefficient (Wildman–Crippen LogP) is 1.19. The Hall–Kier alpha value is -0.795. The van der Waals surface area contributed by atoms with Crippen molar-refractivity contribution in [1.82, 2.24) is 0 Å². The van der Waals surface area contributed by atoms with Crippen LogP contribution in [0.25, 0.3) is 0 Å². The molecule has 68 valence electrons. The summed E-state index contributed by atoms with van der Waals surface area (Å²) in [6.07, 6.45) is 2.24. The third-order valence-corrected chi connectivity index (χ3v) is 2.64. The lowest BCUT2D eigenvalue weighted by Gasteiger charge is -2.14. The van der Waals surface area contributed by atoms with Crippen molar-refractivity contribution in [1.29, 1.82) is 0 Å². The summed E-state index contributed by atoms with van der Waals surface area (Å²) in [4.78, 5) is 0. The molecule has 0 aromatic heterocycles. The first-order valence-corrected chi connectivity index (χ1v) is 4.70. The van der Waals surface area contributed by atoms with E-state index >= 15 is 0 Å². The van der Waals surface area contributed by atoms with E-state index in [1.807, 2.05) is 30.3 Å². The predicted molar refractivity (Wildman–Crippen MR) is 52.1 cm³/mol. The molecule has 1 aliphatic rings. The van der Waals surface area contributed by atoms with Gasteiger partial charge in [-0.15, -0.1) is 0 Å². The van der Waals surface area contributed by atoms with Gasteiger partial charge in [-0.25, -0.2) is 0 Å². The molecule has 0 aliphatic heterocycles. The zero-order chi connectivity index (χ0) is 9.26. The third kappa shape index (κ3) is 1.93. The fourth-order valence-electron chi connectivity index (χ4n) is 1.82. The highest BCUT2D eigenvalue weighted by Gasteiger charge is 2.39. The average molecular weight is 176 g/mol. The maximum absolute atomic E-state index is 9.23. The van der Waals surface area contributed by atoms with Gasteiger partial charge in [0.2, 0.25) is 0 Å². The highest BCUT2D eigenvalue weighted by atomic mass is 16.4. The summed E-state index contributed by atoms with van der Waals surface area (Å²) in [6, 6.07) is 9.74. The van der Waals surface area contributed by atoms with Gasteiger partial charge in [-0.3, -0.25) is 0 Å². The van der Waals surface area contributed by atoms with Crippen molar-refractivity contribution >= 4 is 7.12 Å². The molecule has 1 aliphatic carbocycles. The summed E-state index contributed by atoms with van der Waals surface area (Å²) in [5, 5.41) is 18.5. The van der Waals surface area contributed by atoms with E-state index in [1.54, 1.807) is 0 Å². The van der Waals surface area contributed by atoms with Crippen LogP contribution >= 0.6 is 0 Å². The van der Waals surface area contributed by atoms with Crippen LogP contribution in [-0.2, 0) is 0 Å². The molecule has 0 bridgehead atoms. The molecular weight excluding hydrogens is 163 g/mol. The van der Waals surface area contributed by atoms with E-state index in [4.69, 9.17) is 0 Å². The Morgan fingerprint density at radius 3 is 2.23 bits per heavy atom.